The molecule has 2 fully saturated rings. The SMILES string of the molecule is CNS(=O)(=O)/C=C/c1cc(N2CCC3(CCCC3)CC2)cc2cn(C)nc12. The van der Waals surface area contributed by atoms with E-state index in [1.807, 2.05) is 13.2 Å². The van der Waals surface area contributed by atoms with Crippen LogP contribution in [0.15, 0.2) is 23.7 Å². The molecule has 0 atom stereocenters. The zero-order valence-electron chi connectivity index (χ0n) is 16.1. The van der Waals surface area contributed by atoms with Crippen LogP contribution in [0.2, 0.25) is 0 Å². The molecule has 146 valence electrons. The summed E-state index contributed by atoms with van der Waals surface area (Å²) in [5, 5.41) is 6.77. The highest BCUT2D eigenvalue weighted by atomic mass is 32.2. The minimum Gasteiger partial charge on any atom is -0.371 e. The molecule has 4 rings (SSSR count). The Bertz CT molecular complexity index is 961. The lowest BCUT2D eigenvalue weighted by Crippen LogP contribution is -2.38. The van der Waals surface area contributed by atoms with Gasteiger partial charge in [0.2, 0.25) is 10.0 Å². The number of aromatic nitrogens is 2. The summed E-state index contributed by atoms with van der Waals surface area (Å²) in [6.07, 6.45) is 11.7. The molecule has 2 heterocycles. The number of sulfonamides is 1. The average molecular weight is 389 g/mol. The van der Waals surface area contributed by atoms with Gasteiger partial charge in [-0.1, -0.05) is 12.8 Å². The van der Waals surface area contributed by atoms with E-state index in [-0.39, 0.29) is 0 Å². The van der Waals surface area contributed by atoms with Crippen molar-refractivity contribution < 1.29 is 8.42 Å². The molecular weight excluding hydrogens is 360 g/mol. The molecule has 27 heavy (non-hydrogen) atoms. The van der Waals surface area contributed by atoms with E-state index < -0.39 is 10.0 Å². The Morgan fingerprint density at radius 1 is 1.15 bits per heavy atom. The van der Waals surface area contributed by atoms with E-state index in [4.69, 9.17) is 0 Å². The third kappa shape index (κ3) is 3.75. The van der Waals surface area contributed by atoms with Crippen LogP contribution in [0.3, 0.4) is 0 Å². The highest BCUT2D eigenvalue weighted by molar-refractivity contribution is 7.92. The second-order valence-electron chi connectivity index (χ2n) is 8.02. The van der Waals surface area contributed by atoms with Gasteiger partial charge in [0.05, 0.1) is 5.52 Å². The first-order chi connectivity index (χ1) is 12.9. The molecule has 0 amide bonds. The molecule has 0 bridgehead atoms. The third-order valence-electron chi connectivity index (χ3n) is 6.30. The van der Waals surface area contributed by atoms with E-state index in [9.17, 15) is 8.42 Å². The lowest BCUT2D eigenvalue weighted by Gasteiger charge is -2.40. The number of nitrogens with one attached hydrogen (secondary N) is 1. The van der Waals surface area contributed by atoms with Gasteiger partial charge < -0.3 is 4.90 Å². The van der Waals surface area contributed by atoms with Gasteiger partial charge in [-0.3, -0.25) is 4.68 Å². The maximum Gasteiger partial charge on any atom is 0.233 e. The first-order valence-corrected chi connectivity index (χ1v) is 11.3. The summed E-state index contributed by atoms with van der Waals surface area (Å²) < 4.78 is 27.7. The molecule has 7 heteroatoms. The Balaban J connectivity index is 1.65. The second kappa shape index (κ2) is 6.95. The third-order valence-corrected chi connectivity index (χ3v) is 7.37. The Hall–Kier alpha value is -1.86. The molecular formula is C20H28N4O2S. The number of piperidine rings is 1. The number of benzene rings is 1. The van der Waals surface area contributed by atoms with E-state index in [1.54, 1.807) is 10.8 Å². The molecule has 1 saturated carbocycles. The minimum absolute atomic E-state index is 0.582. The van der Waals surface area contributed by atoms with Gasteiger partial charge in [-0.05, 0) is 56.4 Å². The summed E-state index contributed by atoms with van der Waals surface area (Å²) in [5.74, 6) is 0. The van der Waals surface area contributed by atoms with E-state index in [0.717, 1.165) is 35.2 Å². The van der Waals surface area contributed by atoms with E-state index in [2.05, 4.69) is 26.9 Å². The normalized spacial score (nSPS) is 20.3. The van der Waals surface area contributed by atoms with Crippen LogP contribution in [-0.4, -0.2) is 38.3 Å². The van der Waals surface area contributed by atoms with Gasteiger partial charge >= 0.3 is 0 Å². The van der Waals surface area contributed by atoms with Crippen LogP contribution in [0.1, 0.15) is 44.1 Å². The quantitative estimate of drug-likeness (QED) is 0.873. The fourth-order valence-electron chi connectivity index (χ4n) is 4.67. The number of fused-ring (bicyclic) bond motifs is 1. The van der Waals surface area contributed by atoms with Crippen LogP contribution in [-0.2, 0) is 17.1 Å². The molecule has 2 aromatic rings. The molecule has 1 aliphatic carbocycles. The van der Waals surface area contributed by atoms with Gasteiger partial charge in [0, 0.05) is 48.4 Å². The van der Waals surface area contributed by atoms with Crippen molar-refractivity contribution in [2.75, 3.05) is 25.0 Å². The molecule has 1 spiro atoms. The van der Waals surface area contributed by atoms with Crippen molar-refractivity contribution in [2.45, 2.75) is 38.5 Å². The predicted octanol–water partition coefficient (Wildman–Crippen LogP) is 3.25. The second-order valence-corrected chi connectivity index (χ2v) is 9.79. The van der Waals surface area contributed by atoms with Crippen LogP contribution in [0.4, 0.5) is 5.69 Å². The molecule has 6 nitrogen and oxygen atoms in total. The number of nitrogens with zero attached hydrogens (tertiary/aromatic N) is 3. The maximum atomic E-state index is 11.8. The van der Waals surface area contributed by atoms with Crippen LogP contribution < -0.4 is 9.62 Å². The van der Waals surface area contributed by atoms with Crippen molar-refractivity contribution in [3.05, 3.63) is 29.3 Å². The van der Waals surface area contributed by atoms with Crippen molar-refractivity contribution in [3.8, 4) is 0 Å². The zero-order chi connectivity index (χ0) is 19.1. The first kappa shape index (κ1) is 18.5. The molecule has 1 saturated heterocycles. The summed E-state index contributed by atoms with van der Waals surface area (Å²) in [6.45, 7) is 2.15. The first-order valence-electron chi connectivity index (χ1n) is 9.74. The summed E-state index contributed by atoms with van der Waals surface area (Å²) in [6, 6.07) is 4.25. The van der Waals surface area contributed by atoms with Gasteiger partial charge in [-0.2, -0.15) is 5.10 Å². The molecule has 1 aliphatic heterocycles. The topological polar surface area (TPSA) is 67.2 Å². The van der Waals surface area contributed by atoms with Crippen molar-refractivity contribution in [1.29, 1.82) is 0 Å². The Morgan fingerprint density at radius 3 is 2.52 bits per heavy atom. The van der Waals surface area contributed by atoms with Crippen LogP contribution in [0.5, 0.6) is 0 Å². The van der Waals surface area contributed by atoms with Gasteiger partial charge in [-0.25, -0.2) is 13.1 Å². The van der Waals surface area contributed by atoms with E-state index >= 15 is 0 Å². The van der Waals surface area contributed by atoms with Gasteiger partial charge in [-0.15, -0.1) is 0 Å². The molecule has 0 unspecified atom stereocenters. The number of hydrogen-bond donors (Lipinski definition) is 1. The average Bonchev–Trinajstić information content (AvgIpc) is 3.26. The Morgan fingerprint density at radius 2 is 1.85 bits per heavy atom. The van der Waals surface area contributed by atoms with Crippen molar-refractivity contribution in [3.63, 3.8) is 0 Å². The smallest absolute Gasteiger partial charge is 0.233 e. The van der Waals surface area contributed by atoms with Crippen LogP contribution in [0, 0.1) is 5.41 Å². The van der Waals surface area contributed by atoms with Crippen molar-refractivity contribution in [1.82, 2.24) is 14.5 Å². The molecule has 1 aromatic heterocycles. The molecule has 0 radical (unpaired) electrons. The van der Waals surface area contributed by atoms with Crippen LogP contribution in [0.25, 0.3) is 17.0 Å². The van der Waals surface area contributed by atoms with Crippen molar-refractivity contribution in [2.24, 2.45) is 12.5 Å². The fourth-order valence-corrected chi connectivity index (χ4v) is 5.13. The lowest BCUT2D eigenvalue weighted by molar-refractivity contribution is 0.226. The van der Waals surface area contributed by atoms with E-state index in [0.29, 0.717) is 5.41 Å². The Kier molecular flexibility index (Phi) is 4.76. The van der Waals surface area contributed by atoms with Gasteiger partial charge in [0.25, 0.3) is 0 Å². The standard InChI is InChI=1S/C20H28N4O2S/c1-21-27(25,26)12-5-16-13-18(14-17-15-23(2)22-19(16)17)24-10-8-20(9-11-24)6-3-4-7-20/h5,12-15,21H,3-4,6-11H2,1-2H3/b12-5+. The zero-order valence-corrected chi connectivity index (χ0v) is 16.9. The Labute approximate surface area is 161 Å². The predicted molar refractivity (Wildman–Crippen MR) is 110 cm³/mol. The van der Waals surface area contributed by atoms with Crippen molar-refractivity contribution >= 4 is 32.7 Å². The largest absolute Gasteiger partial charge is 0.371 e. The minimum atomic E-state index is -3.41. The highest BCUT2D eigenvalue weighted by Crippen LogP contribution is 2.46. The summed E-state index contributed by atoms with van der Waals surface area (Å²) in [7, 11) is -0.104. The number of anilines is 1. The summed E-state index contributed by atoms with van der Waals surface area (Å²) in [4.78, 5) is 2.44. The lowest BCUT2D eigenvalue weighted by atomic mass is 9.77. The van der Waals surface area contributed by atoms with E-state index in [1.165, 1.54) is 51.0 Å². The highest BCUT2D eigenvalue weighted by Gasteiger charge is 2.37. The number of aryl methyl sites for hydroxylation is 1. The summed E-state index contributed by atoms with van der Waals surface area (Å²) >= 11 is 0. The number of hydrogen-bond acceptors (Lipinski definition) is 4. The number of rotatable bonds is 4. The monoisotopic (exact) mass is 388 g/mol. The maximum absolute atomic E-state index is 11.8. The molecule has 2 aliphatic rings. The fraction of sp³-hybridized carbons (Fsp3) is 0.550. The molecule has 1 N–H and O–H groups in total. The molecule has 1 aromatic carbocycles. The van der Waals surface area contributed by atoms with Crippen LogP contribution >= 0.6 is 0 Å². The van der Waals surface area contributed by atoms with Gasteiger partial charge in [0.1, 0.15) is 0 Å². The van der Waals surface area contributed by atoms with Gasteiger partial charge in [0.15, 0.2) is 0 Å². The summed E-state index contributed by atoms with van der Waals surface area (Å²) in [5.41, 5.74) is 3.40.